The number of fused-ring (bicyclic) bond motifs is 1. The van der Waals surface area contributed by atoms with Gasteiger partial charge < -0.3 is 24.6 Å². The Balaban J connectivity index is 1.53. The number of guanidine groups is 1. The molecule has 1 fully saturated rings. The largest absolute Gasteiger partial charge is 0.495 e. The number of aliphatic imine (C=N–C) groups is 1. The van der Waals surface area contributed by atoms with Crippen LogP contribution in [0.2, 0.25) is 5.02 Å². The highest BCUT2D eigenvalue weighted by atomic mass is 35.5. The molecule has 0 radical (unpaired) electrons. The molecule has 2 aliphatic rings. The average molecular weight is 395 g/mol. The van der Waals surface area contributed by atoms with Gasteiger partial charge in [0.15, 0.2) is 5.96 Å². The van der Waals surface area contributed by atoms with Gasteiger partial charge in [0.25, 0.3) is 0 Å². The minimum atomic E-state index is -0.479. The second kappa shape index (κ2) is 7.84. The summed E-state index contributed by atoms with van der Waals surface area (Å²) < 4.78 is 10.7. The summed E-state index contributed by atoms with van der Waals surface area (Å²) in [6.07, 6.45) is -0.253. The molecule has 0 aliphatic carbocycles. The van der Waals surface area contributed by atoms with Crippen LogP contribution < -0.4 is 10.1 Å². The van der Waals surface area contributed by atoms with Crippen LogP contribution in [0.15, 0.2) is 23.2 Å². The van der Waals surface area contributed by atoms with E-state index in [0.29, 0.717) is 37.0 Å². The van der Waals surface area contributed by atoms with E-state index >= 15 is 0 Å². The second-order valence-corrected chi connectivity index (χ2v) is 8.17. The number of amides is 1. The van der Waals surface area contributed by atoms with Gasteiger partial charge in [-0.25, -0.2) is 4.79 Å². The molecule has 3 rings (SSSR count). The van der Waals surface area contributed by atoms with Crippen molar-refractivity contribution in [2.24, 2.45) is 4.99 Å². The van der Waals surface area contributed by atoms with Gasteiger partial charge in [0.2, 0.25) is 0 Å². The van der Waals surface area contributed by atoms with E-state index in [1.54, 1.807) is 12.0 Å². The van der Waals surface area contributed by atoms with Crippen LogP contribution in [-0.2, 0) is 11.3 Å². The number of ether oxygens (including phenoxy) is 2. The molecule has 7 nitrogen and oxygen atoms in total. The lowest BCUT2D eigenvalue weighted by Crippen LogP contribution is -2.57. The van der Waals surface area contributed by atoms with Gasteiger partial charge >= 0.3 is 6.09 Å². The van der Waals surface area contributed by atoms with Crippen molar-refractivity contribution in [1.82, 2.24) is 15.1 Å². The molecule has 1 saturated heterocycles. The molecule has 148 valence electrons. The molecule has 1 N–H and O–H groups in total. The van der Waals surface area contributed by atoms with Crippen molar-refractivity contribution in [3.05, 3.63) is 28.8 Å². The third-order valence-corrected chi connectivity index (χ3v) is 4.82. The molecule has 0 bridgehead atoms. The SMILES string of the molecule is COc1ccc(CNC2=NCC3CN(C(=O)OC(C)(C)C)CCN23)cc1Cl. The van der Waals surface area contributed by atoms with E-state index in [9.17, 15) is 4.79 Å². The highest BCUT2D eigenvalue weighted by molar-refractivity contribution is 6.32. The molecule has 27 heavy (non-hydrogen) atoms. The Kier molecular flexibility index (Phi) is 5.69. The van der Waals surface area contributed by atoms with E-state index < -0.39 is 5.60 Å². The summed E-state index contributed by atoms with van der Waals surface area (Å²) in [5.41, 5.74) is 0.576. The standard InChI is InChI=1S/C19H27ClN4O3/c1-19(2,3)27-18(25)23-7-8-24-14(12-23)11-22-17(24)21-10-13-5-6-16(26-4)15(20)9-13/h5-6,9,14H,7-8,10-12H2,1-4H3,(H,21,22). The highest BCUT2D eigenvalue weighted by Gasteiger charge is 2.36. The van der Waals surface area contributed by atoms with Crippen LogP contribution in [-0.4, -0.2) is 66.8 Å². The van der Waals surface area contributed by atoms with Crippen LogP contribution in [0, 0.1) is 0 Å². The Bertz CT molecular complexity index is 732. The molecular formula is C19H27ClN4O3. The fourth-order valence-electron chi connectivity index (χ4n) is 3.22. The third kappa shape index (κ3) is 4.77. The van der Waals surface area contributed by atoms with Crippen molar-refractivity contribution >= 4 is 23.7 Å². The van der Waals surface area contributed by atoms with E-state index in [1.807, 2.05) is 39.0 Å². The van der Waals surface area contributed by atoms with Crippen molar-refractivity contribution in [2.75, 3.05) is 33.3 Å². The van der Waals surface area contributed by atoms with E-state index in [0.717, 1.165) is 18.1 Å². The summed E-state index contributed by atoms with van der Waals surface area (Å²) in [4.78, 5) is 20.9. The number of rotatable bonds is 3. The molecule has 1 amide bonds. The second-order valence-electron chi connectivity index (χ2n) is 7.76. The maximum atomic E-state index is 12.3. The first kappa shape index (κ1) is 19.6. The zero-order valence-corrected chi connectivity index (χ0v) is 17.0. The Morgan fingerprint density at radius 3 is 2.81 bits per heavy atom. The fourth-order valence-corrected chi connectivity index (χ4v) is 3.50. The van der Waals surface area contributed by atoms with Gasteiger partial charge in [-0.3, -0.25) is 4.99 Å². The minimum Gasteiger partial charge on any atom is -0.495 e. The van der Waals surface area contributed by atoms with Gasteiger partial charge in [0.05, 0.1) is 24.7 Å². The molecule has 8 heteroatoms. The summed E-state index contributed by atoms with van der Waals surface area (Å²) >= 11 is 6.18. The Morgan fingerprint density at radius 2 is 2.15 bits per heavy atom. The zero-order chi connectivity index (χ0) is 19.6. The molecule has 2 aliphatic heterocycles. The first-order valence-corrected chi connectivity index (χ1v) is 9.50. The van der Waals surface area contributed by atoms with Gasteiger partial charge in [0, 0.05) is 26.2 Å². The quantitative estimate of drug-likeness (QED) is 0.853. The van der Waals surface area contributed by atoms with Gasteiger partial charge in [0.1, 0.15) is 11.4 Å². The van der Waals surface area contributed by atoms with Crippen LogP contribution in [0.1, 0.15) is 26.3 Å². The van der Waals surface area contributed by atoms with E-state index in [4.69, 9.17) is 21.1 Å². The summed E-state index contributed by atoms with van der Waals surface area (Å²) in [7, 11) is 1.60. The fraction of sp³-hybridized carbons (Fsp3) is 0.579. The number of halogens is 1. The highest BCUT2D eigenvalue weighted by Crippen LogP contribution is 2.25. The summed E-state index contributed by atoms with van der Waals surface area (Å²) in [6, 6.07) is 5.91. The normalized spacial score (nSPS) is 19.4. The molecule has 0 aromatic heterocycles. The number of benzene rings is 1. The summed E-state index contributed by atoms with van der Waals surface area (Å²) in [5, 5.41) is 3.98. The predicted octanol–water partition coefficient (Wildman–Crippen LogP) is 2.73. The number of nitrogens with one attached hydrogen (secondary N) is 1. The first-order valence-electron chi connectivity index (χ1n) is 9.12. The molecule has 2 heterocycles. The first-order chi connectivity index (χ1) is 12.8. The molecule has 1 unspecified atom stereocenters. The number of hydrogen-bond acceptors (Lipinski definition) is 6. The Labute approximate surface area is 165 Å². The van der Waals surface area contributed by atoms with Crippen molar-refractivity contribution in [1.29, 1.82) is 0 Å². The van der Waals surface area contributed by atoms with Crippen LogP contribution in [0.5, 0.6) is 5.75 Å². The maximum absolute atomic E-state index is 12.3. The predicted molar refractivity (Wildman–Crippen MR) is 105 cm³/mol. The van der Waals surface area contributed by atoms with Gasteiger partial charge in [-0.15, -0.1) is 0 Å². The van der Waals surface area contributed by atoms with Gasteiger partial charge in [-0.05, 0) is 38.5 Å². The van der Waals surface area contributed by atoms with Crippen molar-refractivity contribution < 1.29 is 14.3 Å². The molecule has 0 saturated carbocycles. The van der Waals surface area contributed by atoms with E-state index in [-0.39, 0.29) is 12.1 Å². The lowest BCUT2D eigenvalue weighted by Gasteiger charge is -2.39. The lowest BCUT2D eigenvalue weighted by molar-refractivity contribution is 0.0137. The summed E-state index contributed by atoms with van der Waals surface area (Å²) in [6.45, 7) is 8.93. The van der Waals surface area contributed by atoms with E-state index in [1.165, 1.54) is 0 Å². The molecule has 1 atom stereocenters. The molecular weight excluding hydrogens is 368 g/mol. The molecule has 0 spiro atoms. The average Bonchev–Trinajstić information content (AvgIpc) is 3.01. The zero-order valence-electron chi connectivity index (χ0n) is 16.3. The molecule has 1 aromatic rings. The van der Waals surface area contributed by atoms with Crippen LogP contribution in [0.25, 0.3) is 0 Å². The van der Waals surface area contributed by atoms with Gasteiger partial charge in [-0.2, -0.15) is 0 Å². The minimum absolute atomic E-state index is 0.188. The Morgan fingerprint density at radius 1 is 1.37 bits per heavy atom. The van der Waals surface area contributed by atoms with Crippen LogP contribution in [0.4, 0.5) is 4.79 Å². The number of carbonyl (C=O) groups excluding carboxylic acids is 1. The van der Waals surface area contributed by atoms with Crippen molar-refractivity contribution in [3.63, 3.8) is 0 Å². The topological polar surface area (TPSA) is 66.4 Å². The van der Waals surface area contributed by atoms with Gasteiger partial charge in [-0.1, -0.05) is 17.7 Å². The van der Waals surface area contributed by atoms with Crippen LogP contribution in [0.3, 0.4) is 0 Å². The monoisotopic (exact) mass is 394 g/mol. The number of hydrogen-bond donors (Lipinski definition) is 1. The number of piperazine rings is 1. The number of carbonyl (C=O) groups is 1. The van der Waals surface area contributed by atoms with E-state index in [2.05, 4.69) is 15.2 Å². The third-order valence-electron chi connectivity index (χ3n) is 4.53. The maximum Gasteiger partial charge on any atom is 0.410 e. The number of methoxy groups -OCH3 is 1. The van der Waals surface area contributed by atoms with Crippen molar-refractivity contribution in [2.45, 2.75) is 39.0 Å². The smallest absolute Gasteiger partial charge is 0.410 e. The lowest BCUT2D eigenvalue weighted by atomic mass is 10.2. The summed E-state index contributed by atoms with van der Waals surface area (Å²) in [5.74, 6) is 1.53. The van der Waals surface area contributed by atoms with Crippen molar-refractivity contribution in [3.8, 4) is 5.75 Å². The number of nitrogens with zero attached hydrogens (tertiary/aromatic N) is 3. The Hall–Kier alpha value is -2.15. The van der Waals surface area contributed by atoms with Crippen LogP contribution >= 0.6 is 11.6 Å². The molecule has 1 aromatic carbocycles.